The Kier molecular flexibility index (Phi) is 4.06. The van der Waals surface area contributed by atoms with Crippen LogP contribution in [0.2, 0.25) is 5.02 Å². The van der Waals surface area contributed by atoms with E-state index in [1.807, 2.05) is 17.5 Å². The second-order valence-corrected chi connectivity index (χ2v) is 6.93. The van der Waals surface area contributed by atoms with Crippen molar-refractivity contribution in [3.05, 3.63) is 74.9 Å². The maximum absolute atomic E-state index is 12.7. The van der Waals surface area contributed by atoms with Crippen LogP contribution in [0.4, 0.5) is 0 Å². The summed E-state index contributed by atoms with van der Waals surface area (Å²) in [5.41, 5.74) is 2.29. The molecule has 4 aromatic rings. The van der Waals surface area contributed by atoms with E-state index < -0.39 is 5.97 Å². The van der Waals surface area contributed by atoms with Gasteiger partial charge >= 0.3 is 5.97 Å². The first-order valence-corrected chi connectivity index (χ1v) is 8.90. The third-order valence-corrected chi connectivity index (χ3v) is 5.13. The number of fused-ring (bicyclic) bond motifs is 1. The van der Waals surface area contributed by atoms with Gasteiger partial charge in [-0.3, -0.25) is 4.79 Å². The molecular weight excluding hydrogens is 372 g/mol. The highest BCUT2D eigenvalue weighted by atomic mass is 35.5. The van der Waals surface area contributed by atoms with Crippen molar-refractivity contribution in [3.8, 4) is 22.5 Å². The molecule has 0 radical (unpaired) electrons. The Bertz CT molecular complexity index is 1180. The second-order valence-electron chi connectivity index (χ2n) is 5.63. The minimum absolute atomic E-state index is 0.179. The number of H-pyrrole nitrogens is 1. The van der Waals surface area contributed by atoms with Gasteiger partial charge < -0.3 is 10.1 Å². The number of carbonyl (C=O) groups is 1. The minimum atomic E-state index is -1.00. The number of rotatable bonds is 3. The molecule has 26 heavy (non-hydrogen) atoms. The topological polar surface area (TPSA) is 83.0 Å². The molecule has 128 valence electrons. The lowest BCUT2D eigenvalue weighted by Gasteiger charge is -2.03. The van der Waals surface area contributed by atoms with Gasteiger partial charge in [-0.05, 0) is 29.8 Å². The molecule has 2 aromatic carbocycles. The third-order valence-electron chi connectivity index (χ3n) is 4.00. The summed E-state index contributed by atoms with van der Waals surface area (Å²) in [5, 5.41) is 12.0. The molecule has 0 saturated carbocycles. The van der Waals surface area contributed by atoms with E-state index in [9.17, 15) is 9.59 Å². The van der Waals surface area contributed by atoms with Gasteiger partial charge in [-0.25, -0.2) is 9.78 Å². The molecule has 0 aliphatic carbocycles. The molecule has 0 aliphatic rings. The van der Waals surface area contributed by atoms with E-state index in [1.54, 1.807) is 24.3 Å². The summed E-state index contributed by atoms with van der Waals surface area (Å²) in [7, 11) is 0. The lowest BCUT2D eigenvalue weighted by Crippen LogP contribution is -2.09. The molecule has 2 aromatic heterocycles. The number of hydrogen-bond donors (Lipinski definition) is 2. The van der Waals surface area contributed by atoms with E-state index in [0.717, 1.165) is 11.1 Å². The first-order chi connectivity index (χ1) is 12.5. The summed E-state index contributed by atoms with van der Waals surface area (Å²) in [6, 6.07) is 13.5. The minimum Gasteiger partial charge on any atom is -0.478 e. The molecular formula is C19H11ClN2O3S. The van der Waals surface area contributed by atoms with Crippen LogP contribution >= 0.6 is 22.9 Å². The second kappa shape index (κ2) is 6.40. The van der Waals surface area contributed by atoms with E-state index >= 15 is 0 Å². The zero-order valence-corrected chi connectivity index (χ0v) is 14.8. The van der Waals surface area contributed by atoms with Crippen molar-refractivity contribution in [2.75, 3.05) is 0 Å². The molecule has 0 amide bonds. The lowest BCUT2D eigenvalue weighted by molar-refractivity contribution is 0.0697. The van der Waals surface area contributed by atoms with Gasteiger partial charge in [0.25, 0.3) is 5.56 Å². The Balaban J connectivity index is 1.82. The van der Waals surface area contributed by atoms with Gasteiger partial charge in [0.05, 0.1) is 10.9 Å². The normalized spacial score (nSPS) is 11.0. The highest BCUT2D eigenvalue weighted by Crippen LogP contribution is 2.32. The summed E-state index contributed by atoms with van der Waals surface area (Å²) in [4.78, 5) is 31.6. The van der Waals surface area contributed by atoms with Gasteiger partial charge in [0.1, 0.15) is 10.7 Å². The molecule has 0 atom stereocenters. The van der Waals surface area contributed by atoms with Crippen molar-refractivity contribution in [2.24, 2.45) is 0 Å². The Morgan fingerprint density at radius 2 is 1.69 bits per heavy atom. The van der Waals surface area contributed by atoms with Gasteiger partial charge in [0, 0.05) is 21.5 Å². The van der Waals surface area contributed by atoms with Crippen LogP contribution in [0.1, 0.15) is 10.4 Å². The summed E-state index contributed by atoms with van der Waals surface area (Å²) in [5.74, 6) is -0.594. The van der Waals surface area contributed by atoms with E-state index in [-0.39, 0.29) is 11.1 Å². The van der Waals surface area contributed by atoms with Crippen LogP contribution in [0, 0.1) is 0 Å². The standard InChI is InChI=1S/C19H11ClN2O3S/c20-13-7-5-10(6-8-13)14-9-26-18-15(14)17(23)21-16(22-18)11-1-3-12(4-2-11)19(24)25/h1-9H,(H,24,25)(H,21,22,23). The number of nitrogens with zero attached hydrogens (tertiary/aromatic N) is 1. The van der Waals surface area contributed by atoms with E-state index in [1.165, 1.54) is 23.5 Å². The predicted octanol–water partition coefficient (Wildman–Crippen LogP) is 4.67. The van der Waals surface area contributed by atoms with Crippen LogP contribution in [0.25, 0.3) is 32.7 Å². The largest absolute Gasteiger partial charge is 0.478 e. The highest BCUT2D eigenvalue weighted by Gasteiger charge is 2.14. The maximum atomic E-state index is 12.7. The van der Waals surface area contributed by atoms with Crippen molar-refractivity contribution in [3.63, 3.8) is 0 Å². The number of carboxylic acid groups (broad SMARTS) is 1. The zero-order chi connectivity index (χ0) is 18.3. The van der Waals surface area contributed by atoms with Crippen molar-refractivity contribution in [2.45, 2.75) is 0 Å². The molecule has 0 bridgehead atoms. The van der Waals surface area contributed by atoms with Crippen LogP contribution in [-0.4, -0.2) is 21.0 Å². The zero-order valence-electron chi connectivity index (χ0n) is 13.2. The Morgan fingerprint density at radius 1 is 1.04 bits per heavy atom. The number of nitrogens with one attached hydrogen (secondary N) is 1. The predicted molar refractivity (Wildman–Crippen MR) is 103 cm³/mol. The number of halogens is 1. The Morgan fingerprint density at radius 3 is 2.35 bits per heavy atom. The summed E-state index contributed by atoms with van der Waals surface area (Å²) >= 11 is 7.31. The molecule has 7 heteroatoms. The fraction of sp³-hybridized carbons (Fsp3) is 0. The van der Waals surface area contributed by atoms with Crippen molar-refractivity contribution in [1.82, 2.24) is 9.97 Å². The van der Waals surface area contributed by atoms with Gasteiger partial charge in [-0.1, -0.05) is 35.9 Å². The molecule has 0 aliphatic heterocycles. The van der Waals surface area contributed by atoms with Crippen LogP contribution in [0.3, 0.4) is 0 Å². The summed E-state index contributed by atoms with van der Waals surface area (Å²) in [6.45, 7) is 0. The van der Waals surface area contributed by atoms with Gasteiger partial charge in [0.2, 0.25) is 0 Å². The van der Waals surface area contributed by atoms with Crippen LogP contribution in [0.5, 0.6) is 0 Å². The summed E-state index contributed by atoms with van der Waals surface area (Å²) < 4.78 is 0. The van der Waals surface area contributed by atoms with Crippen LogP contribution in [0.15, 0.2) is 58.7 Å². The molecule has 2 N–H and O–H groups in total. The average Bonchev–Trinajstić information content (AvgIpc) is 3.07. The van der Waals surface area contributed by atoms with Crippen molar-refractivity contribution >= 4 is 39.1 Å². The average molecular weight is 383 g/mol. The first-order valence-electron chi connectivity index (χ1n) is 7.64. The quantitative estimate of drug-likeness (QED) is 0.539. The number of aromatic amines is 1. The van der Waals surface area contributed by atoms with Crippen molar-refractivity contribution in [1.29, 1.82) is 0 Å². The molecule has 4 rings (SSSR count). The third kappa shape index (κ3) is 2.89. The fourth-order valence-electron chi connectivity index (χ4n) is 2.70. The summed E-state index contributed by atoms with van der Waals surface area (Å²) in [6.07, 6.45) is 0. The van der Waals surface area contributed by atoms with Crippen LogP contribution in [-0.2, 0) is 0 Å². The highest BCUT2D eigenvalue weighted by molar-refractivity contribution is 7.17. The number of benzene rings is 2. The number of hydrogen-bond acceptors (Lipinski definition) is 4. The number of aromatic nitrogens is 2. The molecule has 0 spiro atoms. The van der Waals surface area contributed by atoms with E-state index in [0.29, 0.717) is 26.6 Å². The first kappa shape index (κ1) is 16.5. The molecule has 0 unspecified atom stereocenters. The van der Waals surface area contributed by atoms with Gasteiger partial charge in [-0.2, -0.15) is 0 Å². The van der Waals surface area contributed by atoms with Gasteiger partial charge in [0.15, 0.2) is 0 Å². The SMILES string of the molecule is O=C(O)c1ccc(-c2nc3scc(-c4ccc(Cl)cc4)c3c(=O)[nH]2)cc1. The van der Waals surface area contributed by atoms with E-state index in [2.05, 4.69) is 9.97 Å². The smallest absolute Gasteiger partial charge is 0.335 e. The Hall–Kier alpha value is -2.96. The van der Waals surface area contributed by atoms with Crippen molar-refractivity contribution < 1.29 is 9.90 Å². The van der Waals surface area contributed by atoms with Gasteiger partial charge in [-0.15, -0.1) is 11.3 Å². The molecule has 2 heterocycles. The number of thiophene rings is 1. The number of aromatic carboxylic acids is 1. The molecule has 0 saturated heterocycles. The van der Waals surface area contributed by atoms with Crippen LogP contribution < -0.4 is 5.56 Å². The maximum Gasteiger partial charge on any atom is 0.335 e. The fourth-order valence-corrected chi connectivity index (χ4v) is 3.77. The lowest BCUT2D eigenvalue weighted by atomic mass is 10.1. The van der Waals surface area contributed by atoms with E-state index in [4.69, 9.17) is 16.7 Å². The molecule has 0 fully saturated rings. The number of carboxylic acids is 1. The Labute approximate surface area is 156 Å². The molecule has 5 nitrogen and oxygen atoms in total. The monoisotopic (exact) mass is 382 g/mol.